The zero-order valence-electron chi connectivity index (χ0n) is 30.7. The lowest BCUT2D eigenvalue weighted by atomic mass is 9.67. The Morgan fingerprint density at radius 3 is 1.64 bits per heavy atom. The second-order valence-electron chi connectivity index (χ2n) is 16.3. The fourth-order valence-electron chi connectivity index (χ4n) is 11.1. The van der Waals surface area contributed by atoms with Gasteiger partial charge in [-0.25, -0.2) is 0 Å². The Morgan fingerprint density at radius 2 is 0.873 bits per heavy atom. The molecule has 0 spiro atoms. The number of benzene rings is 10. The molecule has 13 rings (SSSR count). The fourth-order valence-corrected chi connectivity index (χ4v) is 11.1. The zero-order chi connectivity index (χ0) is 36.2. The minimum Gasteiger partial charge on any atom is -0.0622 e. The quantitative estimate of drug-likeness (QED) is 0.158. The maximum atomic E-state index is 2.54. The van der Waals surface area contributed by atoms with Crippen molar-refractivity contribution in [3.05, 3.63) is 181 Å². The maximum Gasteiger partial charge on any atom is 0.0165 e. The number of hydrogen-bond donors (Lipinski definition) is 0. The third-order valence-corrected chi connectivity index (χ3v) is 13.3. The summed E-state index contributed by atoms with van der Waals surface area (Å²) in [4.78, 5) is 0. The van der Waals surface area contributed by atoms with Crippen LogP contribution in [0.2, 0.25) is 0 Å². The normalized spacial score (nSPS) is 13.8. The molecule has 0 aromatic heterocycles. The van der Waals surface area contributed by atoms with E-state index in [0.29, 0.717) is 0 Å². The molecule has 55 heavy (non-hydrogen) atoms. The summed E-state index contributed by atoms with van der Waals surface area (Å²) in [5.41, 5.74) is 10.5. The summed E-state index contributed by atoms with van der Waals surface area (Å²) in [5.74, 6) is 0. The molecule has 1 aliphatic carbocycles. The van der Waals surface area contributed by atoms with Gasteiger partial charge < -0.3 is 0 Å². The van der Waals surface area contributed by atoms with Crippen molar-refractivity contribution in [3.63, 3.8) is 0 Å². The van der Waals surface area contributed by atoms with Crippen LogP contribution in [0.4, 0.5) is 0 Å². The lowest BCUT2D eigenvalue weighted by molar-refractivity contribution is 0.652. The monoisotopic (exact) mass is 694 g/mol. The van der Waals surface area contributed by atoms with Crippen LogP contribution in [0, 0.1) is 0 Å². The van der Waals surface area contributed by atoms with Crippen LogP contribution < -0.4 is 0 Å². The molecular formula is C55H34. The van der Waals surface area contributed by atoms with Gasteiger partial charge in [-0.1, -0.05) is 178 Å². The summed E-state index contributed by atoms with van der Waals surface area (Å²) in [7, 11) is 0. The Morgan fingerprint density at radius 1 is 0.309 bits per heavy atom. The van der Waals surface area contributed by atoms with Crippen LogP contribution in [0.5, 0.6) is 0 Å². The SMILES string of the molecule is CC1(C)c2c(ccc3ccccc23)-c2ccc3c4c(-c5ccccc5)c5cc6c7ccccc7c7cccc(c5c(-c5ccccc5)c4c4ccc1c2c34)c76. The fraction of sp³-hybridized carbons (Fsp3) is 0.0545. The lowest BCUT2D eigenvalue weighted by Gasteiger charge is -2.36. The van der Waals surface area contributed by atoms with Gasteiger partial charge in [0.25, 0.3) is 0 Å². The Balaban J connectivity index is 1.32. The molecule has 0 N–H and O–H groups in total. The van der Waals surface area contributed by atoms with Crippen LogP contribution >= 0.6 is 0 Å². The smallest absolute Gasteiger partial charge is 0.0165 e. The predicted octanol–water partition coefficient (Wildman–Crippen LogP) is 15.4. The van der Waals surface area contributed by atoms with E-state index in [1.807, 2.05) is 0 Å². The summed E-state index contributed by atoms with van der Waals surface area (Å²) in [5, 5.41) is 21.5. The standard InChI is InChI=1S/C55H34/c1-55(2)45-29-28-42-49-41(27-26-38(51(45)49)39-25-24-31-14-9-10-19-34(31)54(39)55)52-46(32-15-5-3-6-16-32)44-30-43-36-21-12-11-20-35(36)37-22-13-23-40(48(37)43)50(44)47(53(42)52)33-17-7-4-8-18-33/h3-30H,1-2H3. The molecule has 12 aromatic carbocycles. The van der Waals surface area contributed by atoms with Crippen molar-refractivity contribution in [1.29, 1.82) is 0 Å². The molecule has 12 aromatic rings. The van der Waals surface area contributed by atoms with E-state index in [4.69, 9.17) is 0 Å². The molecule has 0 saturated carbocycles. The third-order valence-electron chi connectivity index (χ3n) is 13.3. The highest BCUT2D eigenvalue weighted by Crippen LogP contribution is 2.58. The minimum absolute atomic E-state index is 0.184. The first-order chi connectivity index (χ1) is 27.1. The van der Waals surface area contributed by atoms with Crippen molar-refractivity contribution in [2.75, 3.05) is 0 Å². The van der Waals surface area contributed by atoms with Gasteiger partial charge in [0, 0.05) is 5.41 Å². The van der Waals surface area contributed by atoms with E-state index in [1.165, 1.54) is 131 Å². The lowest BCUT2D eigenvalue weighted by Crippen LogP contribution is -2.24. The van der Waals surface area contributed by atoms with E-state index in [-0.39, 0.29) is 5.41 Å². The number of fused-ring (bicyclic) bond motifs is 12. The minimum atomic E-state index is -0.184. The number of hydrogen-bond acceptors (Lipinski definition) is 0. The van der Waals surface area contributed by atoms with Gasteiger partial charge in [0.15, 0.2) is 0 Å². The third kappa shape index (κ3) is 3.58. The summed E-state index contributed by atoms with van der Waals surface area (Å²) in [6, 6.07) is 64.3. The molecule has 254 valence electrons. The second kappa shape index (κ2) is 10.3. The average Bonchev–Trinajstić information content (AvgIpc) is 3.74. The molecule has 0 fully saturated rings. The van der Waals surface area contributed by atoms with Crippen molar-refractivity contribution in [1.82, 2.24) is 0 Å². The molecule has 0 heterocycles. The molecule has 0 nitrogen and oxygen atoms in total. The summed E-state index contributed by atoms with van der Waals surface area (Å²) >= 11 is 0. The molecule has 0 unspecified atom stereocenters. The van der Waals surface area contributed by atoms with E-state index in [0.717, 1.165) is 0 Å². The molecule has 0 saturated heterocycles. The van der Waals surface area contributed by atoms with E-state index >= 15 is 0 Å². The summed E-state index contributed by atoms with van der Waals surface area (Å²) < 4.78 is 0. The largest absolute Gasteiger partial charge is 0.0622 e. The summed E-state index contributed by atoms with van der Waals surface area (Å²) in [6.45, 7) is 4.88. The molecule has 0 aliphatic heterocycles. The van der Waals surface area contributed by atoms with Gasteiger partial charge in [-0.3, -0.25) is 0 Å². The van der Waals surface area contributed by atoms with E-state index < -0.39 is 0 Å². The first-order valence-corrected chi connectivity index (χ1v) is 19.5. The molecule has 0 atom stereocenters. The van der Waals surface area contributed by atoms with Gasteiger partial charge in [0.2, 0.25) is 0 Å². The summed E-state index contributed by atoms with van der Waals surface area (Å²) in [6.07, 6.45) is 0. The maximum absolute atomic E-state index is 2.54. The molecule has 0 bridgehead atoms. The van der Waals surface area contributed by atoms with Crippen molar-refractivity contribution in [3.8, 4) is 33.4 Å². The zero-order valence-corrected chi connectivity index (χ0v) is 30.7. The van der Waals surface area contributed by atoms with Crippen LogP contribution in [-0.2, 0) is 5.41 Å². The molecule has 0 amide bonds. The van der Waals surface area contributed by atoms with Gasteiger partial charge in [-0.05, 0) is 137 Å². The van der Waals surface area contributed by atoms with Crippen molar-refractivity contribution >= 4 is 86.2 Å². The van der Waals surface area contributed by atoms with E-state index in [9.17, 15) is 0 Å². The topological polar surface area (TPSA) is 0 Å². The highest BCUT2D eigenvalue weighted by molar-refractivity contribution is 6.45. The Labute approximate surface area is 318 Å². The predicted molar refractivity (Wildman–Crippen MR) is 237 cm³/mol. The van der Waals surface area contributed by atoms with Gasteiger partial charge in [-0.2, -0.15) is 0 Å². The van der Waals surface area contributed by atoms with Crippen LogP contribution in [-0.4, -0.2) is 0 Å². The van der Waals surface area contributed by atoms with Crippen LogP contribution in [0.25, 0.3) is 120 Å². The molecular weight excluding hydrogens is 661 g/mol. The first kappa shape index (κ1) is 29.7. The number of rotatable bonds is 2. The molecule has 0 heteroatoms. The van der Waals surface area contributed by atoms with Crippen molar-refractivity contribution < 1.29 is 0 Å². The first-order valence-electron chi connectivity index (χ1n) is 19.5. The van der Waals surface area contributed by atoms with Crippen molar-refractivity contribution in [2.45, 2.75) is 19.3 Å². The second-order valence-corrected chi connectivity index (χ2v) is 16.3. The highest BCUT2D eigenvalue weighted by Gasteiger charge is 2.37. The Hall–Kier alpha value is -6.76. The van der Waals surface area contributed by atoms with Gasteiger partial charge in [-0.15, -0.1) is 0 Å². The van der Waals surface area contributed by atoms with Gasteiger partial charge >= 0.3 is 0 Å². The van der Waals surface area contributed by atoms with Gasteiger partial charge in [0.1, 0.15) is 0 Å². The van der Waals surface area contributed by atoms with Crippen LogP contribution in [0.1, 0.15) is 25.0 Å². The molecule has 0 radical (unpaired) electrons. The Bertz CT molecular complexity index is 3590. The van der Waals surface area contributed by atoms with Gasteiger partial charge in [0.05, 0.1) is 0 Å². The van der Waals surface area contributed by atoms with Crippen LogP contribution in [0.15, 0.2) is 170 Å². The Kier molecular flexibility index (Phi) is 5.53. The van der Waals surface area contributed by atoms with E-state index in [1.54, 1.807) is 0 Å². The highest BCUT2D eigenvalue weighted by atomic mass is 14.4. The van der Waals surface area contributed by atoms with Crippen molar-refractivity contribution in [2.24, 2.45) is 0 Å². The van der Waals surface area contributed by atoms with Crippen LogP contribution in [0.3, 0.4) is 0 Å². The van der Waals surface area contributed by atoms with E-state index in [2.05, 4.69) is 184 Å². The average molecular weight is 695 g/mol. The molecule has 1 aliphatic rings.